The van der Waals surface area contributed by atoms with E-state index in [2.05, 4.69) is 11.7 Å². The quantitative estimate of drug-likeness (QED) is 0.429. The molecule has 0 spiro atoms. The van der Waals surface area contributed by atoms with Crippen LogP contribution in [0, 0.1) is 0 Å². The lowest BCUT2D eigenvalue weighted by Gasteiger charge is -2.18. The van der Waals surface area contributed by atoms with Crippen molar-refractivity contribution in [2.75, 3.05) is 20.3 Å². The summed E-state index contributed by atoms with van der Waals surface area (Å²) in [6.45, 7) is 3.33. The van der Waals surface area contributed by atoms with Crippen molar-refractivity contribution in [2.45, 2.75) is 51.6 Å². The predicted molar refractivity (Wildman–Crippen MR) is 91.9 cm³/mol. The number of carbonyl (C=O) groups excluding carboxylic acids is 2. The fourth-order valence-corrected chi connectivity index (χ4v) is 2.26. The number of ether oxygens (including phenoxy) is 3. The van der Waals surface area contributed by atoms with Crippen molar-refractivity contribution in [3.63, 3.8) is 0 Å². The van der Waals surface area contributed by atoms with E-state index in [-0.39, 0.29) is 18.0 Å². The predicted octanol–water partition coefficient (Wildman–Crippen LogP) is 3.76. The third kappa shape index (κ3) is 8.67. The van der Waals surface area contributed by atoms with Crippen LogP contribution in [0.3, 0.4) is 0 Å². The molecule has 0 N–H and O–H groups in total. The summed E-state index contributed by atoms with van der Waals surface area (Å²) in [4.78, 5) is 23.3. The van der Waals surface area contributed by atoms with Crippen LogP contribution in [0.1, 0.15) is 55.8 Å². The minimum Gasteiger partial charge on any atom is -0.469 e. The van der Waals surface area contributed by atoms with Gasteiger partial charge in [-0.2, -0.15) is 0 Å². The van der Waals surface area contributed by atoms with Crippen molar-refractivity contribution in [1.82, 2.24) is 0 Å². The first-order valence-corrected chi connectivity index (χ1v) is 8.58. The van der Waals surface area contributed by atoms with Crippen LogP contribution in [0.15, 0.2) is 30.3 Å². The molecule has 0 aliphatic heterocycles. The standard InChI is InChI=1S/C19H28O5/c1-3-14-23-15-13-17(11-7-8-12-18(20)22-2)24-19(21)16-9-5-4-6-10-16/h4-6,9-10,17H,3,7-8,11-15H2,1-2H3/t17-/m1/s1. The van der Waals surface area contributed by atoms with Crippen LogP contribution < -0.4 is 0 Å². The normalized spacial score (nSPS) is 11.8. The van der Waals surface area contributed by atoms with Gasteiger partial charge in [0.1, 0.15) is 6.10 Å². The number of methoxy groups -OCH3 is 1. The Morgan fingerprint density at radius 1 is 1.04 bits per heavy atom. The van der Waals surface area contributed by atoms with Gasteiger partial charge in [-0.25, -0.2) is 4.79 Å². The molecule has 24 heavy (non-hydrogen) atoms. The Hall–Kier alpha value is -1.88. The van der Waals surface area contributed by atoms with Crippen LogP contribution >= 0.6 is 0 Å². The van der Waals surface area contributed by atoms with Gasteiger partial charge in [0.25, 0.3) is 0 Å². The van der Waals surface area contributed by atoms with Gasteiger partial charge in [0, 0.05) is 19.4 Å². The van der Waals surface area contributed by atoms with Gasteiger partial charge in [0.05, 0.1) is 19.3 Å². The summed E-state index contributed by atoms with van der Waals surface area (Å²) in [5, 5.41) is 0. The number of carbonyl (C=O) groups is 2. The molecule has 0 saturated carbocycles. The Morgan fingerprint density at radius 3 is 2.46 bits per heavy atom. The summed E-state index contributed by atoms with van der Waals surface area (Å²) in [6.07, 6.45) is 4.06. The molecule has 0 amide bonds. The third-order valence-electron chi connectivity index (χ3n) is 3.60. The second kappa shape index (κ2) is 12.5. The Kier molecular flexibility index (Phi) is 10.5. The van der Waals surface area contributed by atoms with Gasteiger partial charge in [0.15, 0.2) is 0 Å². The van der Waals surface area contributed by atoms with E-state index in [1.807, 2.05) is 18.2 Å². The first-order valence-electron chi connectivity index (χ1n) is 8.58. The van der Waals surface area contributed by atoms with Gasteiger partial charge >= 0.3 is 11.9 Å². The maximum atomic E-state index is 12.2. The molecule has 1 aromatic carbocycles. The second-order valence-corrected chi connectivity index (χ2v) is 5.62. The highest BCUT2D eigenvalue weighted by atomic mass is 16.5. The molecule has 0 aliphatic carbocycles. The minimum atomic E-state index is -0.316. The summed E-state index contributed by atoms with van der Waals surface area (Å²) in [5.41, 5.74) is 0.548. The molecule has 0 fully saturated rings. The van der Waals surface area contributed by atoms with Crippen LogP contribution in [-0.4, -0.2) is 38.4 Å². The fourth-order valence-electron chi connectivity index (χ4n) is 2.26. The van der Waals surface area contributed by atoms with Crippen LogP contribution in [0.25, 0.3) is 0 Å². The van der Waals surface area contributed by atoms with Gasteiger partial charge in [0.2, 0.25) is 0 Å². The zero-order valence-corrected chi connectivity index (χ0v) is 14.7. The Labute approximate surface area is 144 Å². The second-order valence-electron chi connectivity index (χ2n) is 5.62. The molecule has 0 saturated heterocycles. The molecule has 0 aromatic heterocycles. The van der Waals surface area contributed by atoms with Crippen molar-refractivity contribution >= 4 is 11.9 Å². The third-order valence-corrected chi connectivity index (χ3v) is 3.60. The molecular weight excluding hydrogens is 308 g/mol. The molecule has 1 atom stereocenters. The van der Waals surface area contributed by atoms with Gasteiger partial charge in [-0.05, 0) is 37.8 Å². The highest BCUT2D eigenvalue weighted by Crippen LogP contribution is 2.14. The molecular formula is C19H28O5. The summed E-state index contributed by atoms with van der Waals surface area (Å²) in [5.74, 6) is -0.525. The average molecular weight is 336 g/mol. The molecule has 0 heterocycles. The molecule has 0 bridgehead atoms. The topological polar surface area (TPSA) is 61.8 Å². The minimum absolute atomic E-state index is 0.202. The maximum absolute atomic E-state index is 12.2. The zero-order chi connectivity index (χ0) is 17.6. The molecule has 5 nitrogen and oxygen atoms in total. The number of unbranched alkanes of at least 4 members (excludes halogenated alkanes) is 1. The van der Waals surface area contributed by atoms with Crippen LogP contribution in [-0.2, 0) is 19.0 Å². The number of esters is 2. The monoisotopic (exact) mass is 336 g/mol. The van der Waals surface area contributed by atoms with E-state index in [1.54, 1.807) is 12.1 Å². The van der Waals surface area contributed by atoms with Crippen molar-refractivity contribution in [2.24, 2.45) is 0 Å². The maximum Gasteiger partial charge on any atom is 0.338 e. The van der Waals surface area contributed by atoms with E-state index in [0.717, 1.165) is 19.3 Å². The van der Waals surface area contributed by atoms with E-state index < -0.39 is 0 Å². The van der Waals surface area contributed by atoms with E-state index in [4.69, 9.17) is 9.47 Å². The van der Waals surface area contributed by atoms with Crippen LogP contribution in [0.2, 0.25) is 0 Å². The SMILES string of the molecule is CCCOCC[C@@H](CCCCC(=O)OC)OC(=O)c1ccccc1. The lowest BCUT2D eigenvalue weighted by Crippen LogP contribution is -2.20. The highest BCUT2D eigenvalue weighted by Gasteiger charge is 2.16. The zero-order valence-electron chi connectivity index (χ0n) is 14.7. The smallest absolute Gasteiger partial charge is 0.338 e. The first kappa shape index (κ1) is 20.2. The number of hydrogen-bond acceptors (Lipinski definition) is 5. The van der Waals surface area contributed by atoms with Crippen molar-refractivity contribution in [3.05, 3.63) is 35.9 Å². The fraction of sp³-hybridized carbons (Fsp3) is 0.579. The summed E-state index contributed by atoms with van der Waals surface area (Å²) in [7, 11) is 1.39. The Balaban J connectivity index is 2.44. The summed E-state index contributed by atoms with van der Waals surface area (Å²) in [6, 6.07) is 8.97. The van der Waals surface area contributed by atoms with Gasteiger partial charge in [-0.15, -0.1) is 0 Å². The number of benzene rings is 1. The average Bonchev–Trinajstić information content (AvgIpc) is 2.62. The molecule has 134 valence electrons. The Morgan fingerprint density at radius 2 is 1.79 bits per heavy atom. The lowest BCUT2D eigenvalue weighted by molar-refractivity contribution is -0.140. The number of hydrogen-bond donors (Lipinski definition) is 0. The van der Waals surface area contributed by atoms with Crippen LogP contribution in [0.5, 0.6) is 0 Å². The summed E-state index contributed by atoms with van der Waals surface area (Å²) >= 11 is 0. The van der Waals surface area contributed by atoms with Crippen molar-refractivity contribution in [3.8, 4) is 0 Å². The largest absolute Gasteiger partial charge is 0.469 e. The van der Waals surface area contributed by atoms with Crippen molar-refractivity contribution < 1.29 is 23.8 Å². The molecule has 1 aromatic rings. The highest BCUT2D eigenvalue weighted by molar-refractivity contribution is 5.89. The van der Waals surface area contributed by atoms with E-state index in [9.17, 15) is 9.59 Å². The van der Waals surface area contributed by atoms with Gasteiger partial charge < -0.3 is 14.2 Å². The number of rotatable bonds is 12. The summed E-state index contributed by atoms with van der Waals surface area (Å²) < 4.78 is 15.7. The van der Waals surface area contributed by atoms with E-state index in [1.165, 1.54) is 7.11 Å². The molecule has 5 heteroatoms. The van der Waals surface area contributed by atoms with Crippen molar-refractivity contribution in [1.29, 1.82) is 0 Å². The van der Waals surface area contributed by atoms with E-state index in [0.29, 0.717) is 38.0 Å². The van der Waals surface area contributed by atoms with Gasteiger partial charge in [-0.1, -0.05) is 25.1 Å². The first-order chi connectivity index (χ1) is 11.7. The van der Waals surface area contributed by atoms with Gasteiger partial charge in [-0.3, -0.25) is 4.79 Å². The molecule has 0 radical (unpaired) electrons. The molecule has 0 aliphatic rings. The van der Waals surface area contributed by atoms with Crippen LogP contribution in [0.4, 0.5) is 0 Å². The molecule has 1 rings (SSSR count). The van der Waals surface area contributed by atoms with E-state index >= 15 is 0 Å². The molecule has 0 unspecified atom stereocenters. The lowest BCUT2D eigenvalue weighted by atomic mass is 10.1. The Bertz CT molecular complexity index is 472.